The van der Waals surface area contributed by atoms with Gasteiger partial charge in [-0.2, -0.15) is 0 Å². The molecule has 1 N–H and O–H groups in total. The fourth-order valence-electron chi connectivity index (χ4n) is 2.69. The lowest BCUT2D eigenvalue weighted by atomic mass is 9.86. The molecule has 5 heteroatoms. The van der Waals surface area contributed by atoms with Crippen LogP contribution < -0.4 is 10.1 Å². The van der Waals surface area contributed by atoms with E-state index in [1.165, 1.54) is 0 Å². The van der Waals surface area contributed by atoms with Crippen molar-refractivity contribution in [2.24, 2.45) is 5.92 Å². The second kappa shape index (κ2) is 9.61. The average Bonchev–Trinajstić information content (AvgIpc) is 2.68. The van der Waals surface area contributed by atoms with Gasteiger partial charge in [-0.1, -0.05) is 50.6 Å². The van der Waals surface area contributed by atoms with E-state index in [2.05, 4.69) is 5.32 Å². The third-order valence-corrected chi connectivity index (χ3v) is 4.34. The second-order valence-corrected chi connectivity index (χ2v) is 6.16. The van der Waals surface area contributed by atoms with Crippen LogP contribution in [0, 0.1) is 5.92 Å². The number of nitrogens with one attached hydrogen (secondary N) is 1. The summed E-state index contributed by atoms with van der Waals surface area (Å²) < 4.78 is 10.4. The van der Waals surface area contributed by atoms with Crippen molar-refractivity contribution >= 4 is 17.6 Å². The summed E-state index contributed by atoms with van der Waals surface area (Å²) in [5, 5.41) is 2.70. The van der Waals surface area contributed by atoms with Gasteiger partial charge in [0.1, 0.15) is 5.75 Å². The number of benzene rings is 2. The Morgan fingerprint density at radius 1 is 1.04 bits per heavy atom. The van der Waals surface area contributed by atoms with Crippen LogP contribution >= 0.6 is 0 Å². The van der Waals surface area contributed by atoms with E-state index in [0.717, 1.165) is 12.0 Å². The van der Waals surface area contributed by atoms with Crippen LogP contribution in [0.4, 0.5) is 5.69 Å². The Morgan fingerprint density at radius 2 is 1.69 bits per heavy atom. The number of hydrogen-bond donors (Lipinski definition) is 1. The molecule has 0 bridgehead atoms. The molecule has 0 aliphatic carbocycles. The van der Waals surface area contributed by atoms with E-state index in [1.807, 2.05) is 44.2 Å². The van der Waals surface area contributed by atoms with Crippen molar-refractivity contribution in [2.75, 3.05) is 19.0 Å². The van der Waals surface area contributed by atoms with E-state index in [0.29, 0.717) is 11.4 Å². The molecule has 26 heavy (non-hydrogen) atoms. The number of rotatable bonds is 8. The van der Waals surface area contributed by atoms with Gasteiger partial charge >= 0.3 is 5.97 Å². The fourth-order valence-corrected chi connectivity index (χ4v) is 2.69. The Hall–Kier alpha value is -2.82. The van der Waals surface area contributed by atoms with E-state index in [1.54, 1.807) is 31.4 Å². The minimum Gasteiger partial charge on any atom is -0.497 e. The van der Waals surface area contributed by atoms with Crippen LogP contribution in [0.5, 0.6) is 5.75 Å². The molecule has 0 spiro atoms. The van der Waals surface area contributed by atoms with Gasteiger partial charge in [0, 0.05) is 5.69 Å². The lowest BCUT2D eigenvalue weighted by Gasteiger charge is -2.21. The highest BCUT2D eigenvalue weighted by molar-refractivity contribution is 5.93. The molecule has 2 aromatic carbocycles. The van der Waals surface area contributed by atoms with Crippen LogP contribution in [0.1, 0.15) is 31.7 Å². The highest BCUT2D eigenvalue weighted by atomic mass is 16.5. The largest absolute Gasteiger partial charge is 0.497 e. The molecule has 0 saturated carbocycles. The van der Waals surface area contributed by atoms with Crippen molar-refractivity contribution in [1.82, 2.24) is 0 Å². The van der Waals surface area contributed by atoms with E-state index in [4.69, 9.17) is 9.47 Å². The molecular formula is C21H25NO4. The maximum absolute atomic E-state index is 12.6. The first kappa shape index (κ1) is 19.5. The summed E-state index contributed by atoms with van der Waals surface area (Å²) in [6.45, 7) is 3.73. The molecule has 0 heterocycles. The van der Waals surface area contributed by atoms with Gasteiger partial charge in [-0.05, 0) is 35.7 Å². The van der Waals surface area contributed by atoms with Gasteiger partial charge in [-0.25, -0.2) is 0 Å². The summed E-state index contributed by atoms with van der Waals surface area (Å²) in [5.74, 6) is -0.312. The zero-order valence-corrected chi connectivity index (χ0v) is 15.4. The Balaban J connectivity index is 1.95. The molecule has 0 aliphatic heterocycles. The molecule has 2 aromatic rings. The van der Waals surface area contributed by atoms with Crippen LogP contribution in [0.15, 0.2) is 54.6 Å². The number of carbonyl (C=O) groups excluding carboxylic acids is 2. The lowest BCUT2D eigenvalue weighted by molar-refractivity contribution is -0.150. The summed E-state index contributed by atoms with van der Waals surface area (Å²) in [7, 11) is 1.58. The van der Waals surface area contributed by atoms with Gasteiger partial charge in [-0.3, -0.25) is 9.59 Å². The Morgan fingerprint density at radius 3 is 2.27 bits per heavy atom. The summed E-state index contributed by atoms with van der Waals surface area (Å²) in [4.78, 5) is 24.6. The predicted molar refractivity (Wildman–Crippen MR) is 101 cm³/mol. The molecular weight excluding hydrogens is 330 g/mol. The molecule has 0 fully saturated rings. The maximum atomic E-state index is 12.6. The number of ether oxygens (including phenoxy) is 2. The van der Waals surface area contributed by atoms with Crippen LogP contribution in [-0.4, -0.2) is 25.6 Å². The molecule has 2 atom stereocenters. The number of carbonyl (C=O) groups is 2. The van der Waals surface area contributed by atoms with E-state index < -0.39 is 0 Å². The molecule has 138 valence electrons. The second-order valence-electron chi connectivity index (χ2n) is 6.16. The van der Waals surface area contributed by atoms with Gasteiger partial charge in [0.2, 0.25) is 0 Å². The molecule has 5 nitrogen and oxygen atoms in total. The first-order valence-corrected chi connectivity index (χ1v) is 8.70. The molecule has 2 rings (SSSR count). The quantitative estimate of drug-likeness (QED) is 0.727. The molecule has 0 unspecified atom stereocenters. The number of methoxy groups -OCH3 is 1. The zero-order valence-electron chi connectivity index (χ0n) is 15.4. The van der Waals surface area contributed by atoms with Crippen LogP contribution in [0.25, 0.3) is 0 Å². The fraction of sp³-hybridized carbons (Fsp3) is 0.333. The minimum atomic E-state index is -0.380. The van der Waals surface area contributed by atoms with Crippen molar-refractivity contribution in [3.63, 3.8) is 0 Å². The first-order valence-electron chi connectivity index (χ1n) is 8.70. The van der Waals surface area contributed by atoms with Crippen molar-refractivity contribution in [1.29, 1.82) is 0 Å². The summed E-state index contributed by atoms with van der Waals surface area (Å²) in [5.41, 5.74) is 1.52. The summed E-state index contributed by atoms with van der Waals surface area (Å²) in [6.07, 6.45) is 0.840. The van der Waals surface area contributed by atoms with Gasteiger partial charge in [0.15, 0.2) is 6.61 Å². The topological polar surface area (TPSA) is 64.6 Å². The van der Waals surface area contributed by atoms with Gasteiger partial charge in [0.05, 0.1) is 13.0 Å². The Labute approximate surface area is 154 Å². The van der Waals surface area contributed by atoms with E-state index >= 15 is 0 Å². The lowest BCUT2D eigenvalue weighted by Crippen LogP contribution is -2.26. The standard InChI is InChI=1S/C21H25NO4/c1-4-15(2)20(16-8-6-5-7-9-16)21(24)26-14-19(23)22-17-10-12-18(25-3)13-11-17/h5-13,15,20H,4,14H2,1-3H3,(H,22,23)/t15-,20+/m0/s1. The van der Waals surface area contributed by atoms with Crippen LogP contribution in [0.3, 0.4) is 0 Å². The average molecular weight is 355 g/mol. The van der Waals surface area contributed by atoms with Crippen molar-refractivity contribution in [2.45, 2.75) is 26.2 Å². The number of esters is 1. The highest BCUT2D eigenvalue weighted by Gasteiger charge is 2.27. The summed E-state index contributed by atoms with van der Waals surface area (Å²) >= 11 is 0. The molecule has 0 saturated heterocycles. The van der Waals surface area contributed by atoms with Crippen LogP contribution in [-0.2, 0) is 14.3 Å². The van der Waals surface area contributed by atoms with Crippen molar-refractivity contribution in [3.05, 3.63) is 60.2 Å². The Kier molecular flexibility index (Phi) is 7.21. The monoisotopic (exact) mass is 355 g/mol. The van der Waals surface area contributed by atoms with Gasteiger partial charge in [0.25, 0.3) is 5.91 Å². The molecule has 1 amide bonds. The minimum absolute atomic E-state index is 0.120. The number of amides is 1. The normalized spacial score (nSPS) is 12.7. The van der Waals surface area contributed by atoms with Gasteiger partial charge in [-0.15, -0.1) is 0 Å². The van der Waals surface area contributed by atoms with E-state index in [9.17, 15) is 9.59 Å². The zero-order chi connectivity index (χ0) is 18.9. The SMILES string of the molecule is CC[C@H](C)[C@@H](C(=O)OCC(=O)Nc1ccc(OC)cc1)c1ccccc1. The van der Waals surface area contributed by atoms with Gasteiger partial charge < -0.3 is 14.8 Å². The van der Waals surface area contributed by atoms with E-state index in [-0.39, 0.29) is 30.3 Å². The first-order chi connectivity index (χ1) is 12.5. The summed E-state index contributed by atoms with van der Waals surface area (Å²) in [6, 6.07) is 16.5. The molecule has 0 aromatic heterocycles. The smallest absolute Gasteiger partial charge is 0.314 e. The highest BCUT2D eigenvalue weighted by Crippen LogP contribution is 2.28. The predicted octanol–water partition coefficient (Wildman–Crippen LogP) is 4.01. The third kappa shape index (κ3) is 5.34. The van der Waals surface area contributed by atoms with Crippen molar-refractivity contribution in [3.8, 4) is 5.75 Å². The number of anilines is 1. The maximum Gasteiger partial charge on any atom is 0.314 e. The molecule has 0 radical (unpaired) electrons. The molecule has 0 aliphatic rings. The van der Waals surface area contributed by atoms with Crippen LogP contribution in [0.2, 0.25) is 0 Å². The Bertz CT molecular complexity index is 713. The third-order valence-electron chi connectivity index (χ3n) is 4.34. The number of hydrogen-bond acceptors (Lipinski definition) is 4. The van der Waals surface area contributed by atoms with Crippen molar-refractivity contribution < 1.29 is 19.1 Å².